The number of methoxy groups -OCH3 is 1. The van der Waals surface area contributed by atoms with Crippen LogP contribution >= 0.6 is 12.2 Å². The van der Waals surface area contributed by atoms with Crippen LogP contribution in [-0.2, 0) is 19.5 Å². The summed E-state index contributed by atoms with van der Waals surface area (Å²) in [6.45, 7) is 1.42. The minimum atomic E-state index is -0.291. The van der Waals surface area contributed by atoms with Crippen molar-refractivity contribution in [1.29, 1.82) is 0 Å². The number of nitrogens with one attached hydrogen (secondary N) is 2. The highest BCUT2D eigenvalue weighted by molar-refractivity contribution is 7.80. The van der Waals surface area contributed by atoms with Crippen LogP contribution in [0.3, 0.4) is 0 Å². The fraction of sp³-hybridized carbons (Fsp3) is 0.185. The van der Waals surface area contributed by atoms with E-state index in [4.69, 9.17) is 17.0 Å². The van der Waals surface area contributed by atoms with Gasteiger partial charge in [0.2, 0.25) is 0 Å². The van der Waals surface area contributed by atoms with Crippen LogP contribution in [0.5, 0.6) is 5.75 Å². The van der Waals surface area contributed by atoms with Crippen molar-refractivity contribution in [3.8, 4) is 5.75 Å². The van der Waals surface area contributed by atoms with Crippen molar-refractivity contribution in [2.45, 2.75) is 19.5 Å². The summed E-state index contributed by atoms with van der Waals surface area (Å²) in [6.07, 6.45) is 0.823. The Morgan fingerprint density at radius 2 is 1.76 bits per heavy atom. The Hall–Kier alpha value is -3.71. The van der Waals surface area contributed by atoms with Crippen LogP contribution in [-0.4, -0.2) is 28.7 Å². The molecule has 3 aromatic carbocycles. The third-order valence-electron chi connectivity index (χ3n) is 5.60. The summed E-state index contributed by atoms with van der Waals surface area (Å²) >= 11 is 5.70. The van der Waals surface area contributed by atoms with Gasteiger partial charge in [0.15, 0.2) is 5.11 Å². The Balaban J connectivity index is 1.54. The van der Waals surface area contributed by atoms with Crippen molar-refractivity contribution in [3.63, 3.8) is 0 Å². The van der Waals surface area contributed by atoms with Crippen molar-refractivity contribution in [1.82, 2.24) is 15.2 Å². The molecule has 2 N–H and O–H groups in total. The van der Waals surface area contributed by atoms with E-state index < -0.39 is 0 Å². The quantitative estimate of drug-likeness (QED) is 0.359. The molecule has 174 valence electrons. The molecule has 0 saturated heterocycles. The molecule has 0 fully saturated rings. The number of hydrogen-bond acceptors (Lipinski definition) is 3. The van der Waals surface area contributed by atoms with Gasteiger partial charge in [-0.15, -0.1) is 0 Å². The zero-order valence-corrected chi connectivity index (χ0v) is 19.7. The fourth-order valence-electron chi connectivity index (χ4n) is 3.76. The molecule has 34 heavy (non-hydrogen) atoms. The van der Waals surface area contributed by atoms with Crippen LogP contribution in [0.15, 0.2) is 83.7 Å². The fourth-order valence-corrected chi connectivity index (χ4v) is 3.99. The number of halogens is 1. The Kier molecular flexibility index (Phi) is 7.54. The smallest absolute Gasteiger partial charge is 0.253 e. The van der Waals surface area contributed by atoms with E-state index in [9.17, 15) is 9.18 Å². The highest BCUT2D eigenvalue weighted by atomic mass is 32.1. The summed E-state index contributed by atoms with van der Waals surface area (Å²) in [5.74, 6) is 0.387. The van der Waals surface area contributed by atoms with E-state index in [1.54, 1.807) is 25.3 Å². The van der Waals surface area contributed by atoms with Crippen molar-refractivity contribution in [2.75, 3.05) is 13.7 Å². The maximum atomic E-state index is 13.4. The van der Waals surface area contributed by atoms with Crippen LogP contribution < -0.4 is 15.6 Å². The van der Waals surface area contributed by atoms with Crippen LogP contribution in [0.4, 0.5) is 4.39 Å². The Morgan fingerprint density at radius 1 is 1.00 bits per heavy atom. The molecule has 0 aliphatic heterocycles. The lowest BCUT2D eigenvalue weighted by atomic mass is 10.1. The SMILES string of the molecule is COc1ccc2cc(CN(Cc3ccc(F)cc3)C(=S)NCCc3ccccc3)c(=O)[nH]c2c1. The van der Waals surface area contributed by atoms with Crippen LogP contribution in [0.2, 0.25) is 0 Å². The maximum Gasteiger partial charge on any atom is 0.253 e. The van der Waals surface area contributed by atoms with Gasteiger partial charge < -0.3 is 19.9 Å². The molecule has 0 spiro atoms. The number of ether oxygens (including phenoxy) is 1. The number of benzene rings is 3. The second-order valence-electron chi connectivity index (χ2n) is 8.03. The van der Waals surface area contributed by atoms with Gasteiger partial charge in [-0.25, -0.2) is 4.39 Å². The minimum Gasteiger partial charge on any atom is -0.497 e. The number of rotatable bonds is 8. The molecule has 0 radical (unpaired) electrons. The van der Waals surface area contributed by atoms with Gasteiger partial charge in [-0.3, -0.25) is 4.79 Å². The number of pyridine rings is 1. The molecule has 4 aromatic rings. The number of aromatic nitrogens is 1. The van der Waals surface area contributed by atoms with Gasteiger partial charge in [-0.1, -0.05) is 42.5 Å². The summed E-state index contributed by atoms with van der Waals surface area (Å²) in [4.78, 5) is 17.7. The number of hydrogen-bond donors (Lipinski definition) is 2. The lowest BCUT2D eigenvalue weighted by Crippen LogP contribution is -2.40. The molecular formula is C27H26FN3O2S. The predicted octanol–water partition coefficient (Wildman–Crippen LogP) is 4.80. The average Bonchev–Trinajstić information content (AvgIpc) is 2.85. The first-order chi connectivity index (χ1) is 16.5. The molecule has 0 aliphatic carbocycles. The maximum absolute atomic E-state index is 13.4. The molecule has 0 aliphatic rings. The van der Waals surface area contributed by atoms with Crippen molar-refractivity contribution in [3.05, 3.63) is 112 Å². The number of fused-ring (bicyclic) bond motifs is 1. The number of thiocarbonyl (C=S) groups is 1. The summed E-state index contributed by atoms with van der Waals surface area (Å²) < 4.78 is 18.7. The predicted molar refractivity (Wildman–Crippen MR) is 138 cm³/mol. The number of H-pyrrole nitrogens is 1. The average molecular weight is 476 g/mol. The Bertz CT molecular complexity index is 1320. The third-order valence-corrected chi connectivity index (χ3v) is 6.00. The topological polar surface area (TPSA) is 57.4 Å². The monoisotopic (exact) mass is 475 g/mol. The zero-order chi connectivity index (χ0) is 23.9. The molecule has 0 saturated carbocycles. The molecule has 1 aromatic heterocycles. The third kappa shape index (κ3) is 5.99. The second kappa shape index (κ2) is 10.9. The summed E-state index contributed by atoms with van der Waals surface area (Å²) in [7, 11) is 1.59. The van der Waals surface area contributed by atoms with E-state index in [1.807, 2.05) is 41.3 Å². The normalized spacial score (nSPS) is 10.8. The van der Waals surface area contributed by atoms with Crippen molar-refractivity contribution in [2.24, 2.45) is 0 Å². The van der Waals surface area contributed by atoms with Gasteiger partial charge in [-0.2, -0.15) is 0 Å². The van der Waals surface area contributed by atoms with Gasteiger partial charge in [0, 0.05) is 24.7 Å². The second-order valence-corrected chi connectivity index (χ2v) is 8.41. The molecule has 5 nitrogen and oxygen atoms in total. The first kappa shape index (κ1) is 23.4. The van der Waals surface area contributed by atoms with Gasteiger partial charge in [0.05, 0.1) is 19.2 Å². The van der Waals surface area contributed by atoms with Gasteiger partial charge >= 0.3 is 0 Å². The summed E-state index contributed by atoms with van der Waals surface area (Å²) in [6, 6.07) is 23.9. The first-order valence-electron chi connectivity index (χ1n) is 11.0. The molecule has 1 heterocycles. The van der Waals surface area contributed by atoms with Crippen LogP contribution in [0.1, 0.15) is 16.7 Å². The number of nitrogens with zero attached hydrogens (tertiary/aromatic N) is 1. The number of aromatic amines is 1. The van der Waals surface area contributed by atoms with E-state index in [-0.39, 0.29) is 11.4 Å². The molecule has 0 amide bonds. The molecule has 4 rings (SSSR count). The molecule has 0 unspecified atom stereocenters. The molecule has 0 bridgehead atoms. The standard InChI is InChI=1S/C27H26FN3O2S/c1-33-24-12-9-21-15-22(26(32)30-25(21)16-24)18-31(17-20-7-10-23(28)11-8-20)27(34)29-14-13-19-5-3-2-4-6-19/h2-12,15-16H,13-14,17-18H2,1H3,(H,29,34)(H,30,32). The van der Waals surface area contributed by atoms with Gasteiger partial charge in [0.25, 0.3) is 5.56 Å². The van der Waals surface area contributed by atoms with Crippen LogP contribution in [0, 0.1) is 5.82 Å². The molecular weight excluding hydrogens is 449 g/mol. The van der Waals surface area contributed by atoms with Gasteiger partial charge in [-0.05, 0) is 65.5 Å². The summed E-state index contributed by atoms with van der Waals surface area (Å²) in [5.41, 5.74) is 3.23. The molecule has 7 heteroatoms. The lowest BCUT2D eigenvalue weighted by molar-refractivity contribution is 0.397. The molecule has 0 atom stereocenters. The largest absolute Gasteiger partial charge is 0.497 e. The van der Waals surface area contributed by atoms with Crippen molar-refractivity contribution >= 4 is 28.2 Å². The van der Waals surface area contributed by atoms with Gasteiger partial charge in [0.1, 0.15) is 11.6 Å². The van der Waals surface area contributed by atoms with Crippen molar-refractivity contribution < 1.29 is 9.13 Å². The lowest BCUT2D eigenvalue weighted by Gasteiger charge is -2.26. The van der Waals surface area contributed by atoms with E-state index in [2.05, 4.69) is 22.4 Å². The highest BCUT2D eigenvalue weighted by Gasteiger charge is 2.14. The van der Waals surface area contributed by atoms with E-state index in [0.29, 0.717) is 41.6 Å². The Morgan fingerprint density at radius 3 is 2.50 bits per heavy atom. The highest BCUT2D eigenvalue weighted by Crippen LogP contribution is 2.19. The zero-order valence-electron chi connectivity index (χ0n) is 18.9. The minimum absolute atomic E-state index is 0.183. The van der Waals surface area contributed by atoms with E-state index in [0.717, 1.165) is 17.4 Å². The first-order valence-corrected chi connectivity index (χ1v) is 11.4. The van der Waals surface area contributed by atoms with E-state index in [1.165, 1.54) is 17.7 Å². The van der Waals surface area contributed by atoms with Crippen LogP contribution in [0.25, 0.3) is 10.9 Å². The van der Waals surface area contributed by atoms with E-state index >= 15 is 0 Å². The Labute approximate surface area is 203 Å². The summed E-state index contributed by atoms with van der Waals surface area (Å²) in [5, 5.41) is 4.75.